The molecule has 9 nitrogen and oxygen atoms in total. The summed E-state index contributed by atoms with van der Waals surface area (Å²) >= 11 is 1.63. The lowest BCUT2D eigenvalue weighted by Gasteiger charge is -2.11. The molecule has 46 heavy (non-hydrogen) atoms. The Bertz CT molecular complexity index is 1130. The van der Waals surface area contributed by atoms with Crippen LogP contribution in [0.5, 0.6) is 0 Å². The molecule has 1 aliphatic rings. The fraction of sp³-hybridized carbons (Fsp3) is 0.714. The lowest BCUT2D eigenvalue weighted by atomic mass is 10.0. The molecule has 1 amide bonds. The summed E-state index contributed by atoms with van der Waals surface area (Å²) in [6.45, 7) is 8.01. The molecule has 1 fully saturated rings. The number of alkyl carbamates (subject to hydrolysis) is 1. The summed E-state index contributed by atoms with van der Waals surface area (Å²) in [5.41, 5.74) is 2.94. The Morgan fingerprint density at radius 1 is 0.957 bits per heavy atom. The number of carbonyl (C=O) groups is 1. The Kier molecular flexibility index (Phi) is 21.8. The van der Waals surface area contributed by atoms with E-state index in [1.807, 2.05) is 28.6 Å². The molecule has 11 heteroatoms. The summed E-state index contributed by atoms with van der Waals surface area (Å²) in [6, 6.07) is 5.78. The number of benzene rings is 1. The van der Waals surface area contributed by atoms with Crippen molar-refractivity contribution >= 4 is 27.5 Å². The first-order chi connectivity index (χ1) is 22.3. The maximum Gasteiger partial charge on any atom is 0.407 e. The van der Waals surface area contributed by atoms with E-state index in [0.717, 1.165) is 38.2 Å². The highest BCUT2D eigenvalue weighted by Crippen LogP contribution is 2.20. The maximum absolute atomic E-state index is 11.8. The molecule has 0 unspecified atom stereocenters. The summed E-state index contributed by atoms with van der Waals surface area (Å²) in [7, 11) is -4.27. The largest absolute Gasteiger partial charge is 0.744 e. The van der Waals surface area contributed by atoms with Crippen molar-refractivity contribution in [3.63, 3.8) is 0 Å². The molecule has 0 bridgehead atoms. The molecular weight excluding hydrogens is 625 g/mol. The molecule has 1 aliphatic heterocycles. The third-order valence-corrected chi connectivity index (χ3v) is 9.56. The van der Waals surface area contributed by atoms with Crippen molar-refractivity contribution in [2.45, 2.75) is 128 Å². The highest BCUT2D eigenvalue weighted by Gasteiger charge is 2.26. The third-order valence-electron chi connectivity index (χ3n) is 8.04. The lowest BCUT2D eigenvalue weighted by Crippen LogP contribution is -2.39. The number of nitrogens with one attached hydrogen (secondary N) is 1. The number of ether oxygens (including phenoxy) is 3. The molecule has 0 aliphatic carbocycles. The van der Waals surface area contributed by atoms with Crippen molar-refractivity contribution in [3.05, 3.63) is 46.9 Å². The summed E-state index contributed by atoms with van der Waals surface area (Å²) in [5, 5.41) is 4.79. The van der Waals surface area contributed by atoms with Gasteiger partial charge >= 0.3 is 6.09 Å². The van der Waals surface area contributed by atoms with Crippen LogP contribution in [0.1, 0.15) is 109 Å². The number of thiazole rings is 1. The predicted molar refractivity (Wildman–Crippen MR) is 182 cm³/mol. The van der Waals surface area contributed by atoms with Gasteiger partial charge in [0, 0.05) is 12.5 Å². The molecule has 3 rings (SSSR count). The number of nitrogens with zero attached hydrogens (tertiary/aromatic N) is 1. The molecule has 0 radical (unpaired) electrons. The van der Waals surface area contributed by atoms with Gasteiger partial charge in [-0.1, -0.05) is 119 Å². The number of carbonyl (C=O) groups excluding carboxylic acids is 1. The topological polar surface area (TPSA) is 118 Å². The molecule has 1 saturated heterocycles. The smallest absolute Gasteiger partial charge is 0.407 e. The average Bonchev–Trinajstić information content (AvgIpc) is 3.72. The van der Waals surface area contributed by atoms with Gasteiger partial charge in [0.25, 0.3) is 0 Å². The Morgan fingerprint density at radius 2 is 1.57 bits per heavy atom. The first-order valence-corrected chi connectivity index (χ1v) is 19.7. The van der Waals surface area contributed by atoms with E-state index in [0.29, 0.717) is 25.7 Å². The number of aromatic nitrogens is 1. The first-order valence-electron chi connectivity index (χ1n) is 17.3. The molecule has 262 valence electrons. The van der Waals surface area contributed by atoms with Crippen LogP contribution in [-0.4, -0.2) is 58.1 Å². The molecule has 1 aromatic carbocycles. The second-order valence-electron chi connectivity index (χ2n) is 12.3. The van der Waals surface area contributed by atoms with Crippen molar-refractivity contribution in [1.29, 1.82) is 0 Å². The van der Waals surface area contributed by atoms with Crippen molar-refractivity contribution in [3.8, 4) is 0 Å². The third kappa shape index (κ3) is 20.2. The van der Waals surface area contributed by atoms with E-state index < -0.39 is 10.1 Å². The van der Waals surface area contributed by atoms with Crippen LogP contribution in [0.4, 0.5) is 4.79 Å². The van der Waals surface area contributed by atoms with Crippen molar-refractivity contribution in [1.82, 2.24) is 5.32 Å². The van der Waals surface area contributed by atoms with Gasteiger partial charge in [0.2, 0.25) is 5.51 Å². The van der Waals surface area contributed by atoms with Crippen LogP contribution in [-0.2, 0) is 30.9 Å². The number of unbranched alkanes of at least 4 members (excludes halogenated alkanes) is 13. The number of rotatable bonds is 23. The standard InChI is InChI=1S/C28H50N2O4S.C7H8O3S/c1-2-3-4-5-6-7-8-9-10-11-12-13-14-15-19-32-22-26-21-27(33-23-26)24-34-28(31)29-16-17-30-18-20-35-25-30;1-6-2-4-7(5-3-6)11(8,9)10/h18,20,25-27H,2-17,19,21-24H2,1H3;2-5H,1H3,(H,8,9,10)/t26-,27-;/m0./s1. The number of hydrogen-bond donors (Lipinski definition) is 1. The highest BCUT2D eigenvalue weighted by molar-refractivity contribution is 7.85. The van der Waals surface area contributed by atoms with E-state index >= 15 is 0 Å². The minimum Gasteiger partial charge on any atom is -0.744 e. The van der Waals surface area contributed by atoms with Crippen molar-refractivity contribution in [2.24, 2.45) is 5.92 Å². The summed E-state index contributed by atoms with van der Waals surface area (Å²) in [5.74, 6) is 0.410. The molecule has 1 aromatic heterocycles. The van der Waals surface area contributed by atoms with Crippen LogP contribution in [0.25, 0.3) is 0 Å². The maximum atomic E-state index is 11.8. The van der Waals surface area contributed by atoms with Gasteiger partial charge in [-0.3, -0.25) is 0 Å². The molecule has 0 spiro atoms. The van der Waals surface area contributed by atoms with Gasteiger partial charge in [0.1, 0.15) is 16.7 Å². The van der Waals surface area contributed by atoms with Crippen LogP contribution in [0.15, 0.2) is 46.2 Å². The monoisotopic (exact) mass is 682 g/mol. The zero-order chi connectivity index (χ0) is 33.3. The van der Waals surface area contributed by atoms with Gasteiger partial charge < -0.3 is 24.1 Å². The zero-order valence-electron chi connectivity index (χ0n) is 28.2. The fourth-order valence-corrected chi connectivity index (χ4v) is 6.36. The Morgan fingerprint density at radius 3 is 2.13 bits per heavy atom. The number of hydrogen-bond acceptors (Lipinski definition) is 8. The van der Waals surface area contributed by atoms with Crippen LogP contribution >= 0.6 is 11.3 Å². The van der Waals surface area contributed by atoms with Crippen LogP contribution < -0.4 is 9.88 Å². The van der Waals surface area contributed by atoms with E-state index in [4.69, 9.17) is 14.2 Å². The molecule has 2 atom stereocenters. The Hall–Kier alpha value is -2.05. The van der Waals surface area contributed by atoms with Gasteiger partial charge in [0.05, 0.1) is 36.1 Å². The quantitative estimate of drug-likeness (QED) is 0.0730. The van der Waals surface area contributed by atoms with Gasteiger partial charge in [-0.05, 0) is 31.9 Å². The lowest BCUT2D eigenvalue weighted by molar-refractivity contribution is -0.690. The highest BCUT2D eigenvalue weighted by atomic mass is 32.2. The van der Waals surface area contributed by atoms with Crippen LogP contribution in [0.3, 0.4) is 0 Å². The van der Waals surface area contributed by atoms with Crippen LogP contribution in [0.2, 0.25) is 0 Å². The van der Waals surface area contributed by atoms with E-state index in [1.54, 1.807) is 23.5 Å². The van der Waals surface area contributed by atoms with Crippen LogP contribution in [0, 0.1) is 12.8 Å². The van der Waals surface area contributed by atoms with E-state index in [-0.39, 0.29) is 17.1 Å². The first kappa shape index (κ1) is 40.1. The van der Waals surface area contributed by atoms with Crippen molar-refractivity contribution < 1.29 is 36.5 Å². The summed E-state index contributed by atoms with van der Waals surface area (Å²) < 4.78 is 50.2. The number of aryl methyl sites for hydroxylation is 1. The minimum atomic E-state index is -4.27. The van der Waals surface area contributed by atoms with Crippen molar-refractivity contribution in [2.75, 3.05) is 33.0 Å². The predicted octanol–water partition coefficient (Wildman–Crippen LogP) is 7.56. The Labute approximate surface area is 282 Å². The van der Waals surface area contributed by atoms with Gasteiger partial charge in [-0.15, -0.1) is 0 Å². The van der Waals surface area contributed by atoms with E-state index in [9.17, 15) is 17.8 Å². The molecule has 0 saturated carbocycles. The normalized spacial score (nSPS) is 16.2. The van der Waals surface area contributed by atoms with Gasteiger partial charge in [0.15, 0.2) is 12.7 Å². The molecule has 1 N–H and O–H groups in total. The molecule has 2 aromatic rings. The molecule has 2 heterocycles. The van der Waals surface area contributed by atoms with Gasteiger partial charge in [-0.2, -0.15) is 4.57 Å². The number of amides is 1. The SMILES string of the molecule is CCCCCCCCCCCCCCCCOC[C@H]1CO[C@H](COC(=O)NCC[n+]2ccsc2)C1.Cc1ccc(S(=O)(=O)[O-])cc1. The second-order valence-corrected chi connectivity index (χ2v) is 14.4. The zero-order valence-corrected chi connectivity index (χ0v) is 29.8. The van der Waals surface area contributed by atoms with E-state index in [2.05, 4.69) is 12.2 Å². The fourth-order valence-electron chi connectivity index (χ4n) is 5.26. The molecular formula is C35H58N2O7S2. The Balaban J connectivity index is 0.000000562. The van der Waals surface area contributed by atoms with E-state index in [1.165, 1.54) is 95.6 Å². The summed E-state index contributed by atoms with van der Waals surface area (Å²) in [4.78, 5) is 11.6. The second kappa shape index (κ2) is 25.0. The minimum absolute atomic E-state index is 0.0124. The average molecular weight is 683 g/mol. The summed E-state index contributed by atoms with van der Waals surface area (Å²) in [6.07, 6.45) is 21.8. The van der Waals surface area contributed by atoms with Gasteiger partial charge in [-0.25, -0.2) is 13.2 Å².